The Balaban J connectivity index is 3.03. The predicted molar refractivity (Wildman–Crippen MR) is 141 cm³/mol. The summed E-state index contributed by atoms with van der Waals surface area (Å²) in [6.45, 7) is 19.9. The van der Waals surface area contributed by atoms with E-state index in [2.05, 4.69) is 39.2 Å². The van der Waals surface area contributed by atoms with Crippen LogP contribution in [0.15, 0.2) is 36.2 Å². The third kappa shape index (κ3) is 11.2. The lowest BCUT2D eigenvalue weighted by molar-refractivity contribution is 0.0514. The van der Waals surface area contributed by atoms with Gasteiger partial charge in [0.2, 0.25) is 8.32 Å². The molecule has 0 saturated heterocycles. The molecule has 0 aliphatic heterocycles. The molecule has 3 atom stereocenters. The topological polar surface area (TPSA) is 94.1 Å². The molecule has 1 amide bonds. The molecule has 3 unspecified atom stereocenters. The Bertz CT molecular complexity index is 871. The van der Waals surface area contributed by atoms with Gasteiger partial charge in [0, 0.05) is 5.82 Å². The highest BCUT2D eigenvalue weighted by Gasteiger charge is 2.38. The van der Waals surface area contributed by atoms with E-state index in [1.165, 1.54) is 6.08 Å². The number of benzene rings is 1. The molecule has 0 aromatic heterocycles. The molecular formula is C25H44NO6PSi. The van der Waals surface area contributed by atoms with Crippen LogP contribution in [0.4, 0.5) is 4.79 Å². The summed E-state index contributed by atoms with van der Waals surface area (Å²) < 4.78 is 29.3. The number of nitrogens with one attached hydrogen (secondary N) is 1. The van der Waals surface area contributed by atoms with Gasteiger partial charge in [-0.25, -0.2) is 4.79 Å². The Kier molecular flexibility index (Phi) is 10.6. The van der Waals surface area contributed by atoms with Gasteiger partial charge >= 0.3 is 13.7 Å². The van der Waals surface area contributed by atoms with Gasteiger partial charge in [0.1, 0.15) is 11.4 Å². The number of rotatable bonds is 10. The fourth-order valence-electron chi connectivity index (χ4n) is 2.60. The van der Waals surface area contributed by atoms with Crippen molar-refractivity contribution >= 4 is 22.0 Å². The van der Waals surface area contributed by atoms with Crippen LogP contribution >= 0.6 is 7.60 Å². The molecule has 2 N–H and O–H groups in total. The minimum atomic E-state index is -3.94. The van der Waals surface area contributed by atoms with Crippen molar-refractivity contribution in [3.8, 4) is 5.75 Å². The molecule has 34 heavy (non-hydrogen) atoms. The highest BCUT2D eigenvalue weighted by atomic mass is 31.2. The van der Waals surface area contributed by atoms with Crippen LogP contribution in [0.2, 0.25) is 18.1 Å². The van der Waals surface area contributed by atoms with Gasteiger partial charge in [-0.1, -0.05) is 45.9 Å². The number of carbonyl (C=O) groups is 1. The molecule has 0 aliphatic rings. The molecule has 0 aliphatic carbocycles. The van der Waals surface area contributed by atoms with Gasteiger partial charge in [-0.2, -0.15) is 0 Å². The maximum absolute atomic E-state index is 12.4. The SMILES string of the molecule is CCC(C)OP(=O)(O)C=CC(Cc1ccc(O[Si](C)(C)C(C)(C)C)cc1)NC(=O)OC(C)(C)C. The van der Waals surface area contributed by atoms with E-state index in [0.29, 0.717) is 12.8 Å². The van der Waals surface area contributed by atoms with Crippen molar-refractivity contribution in [2.75, 3.05) is 0 Å². The summed E-state index contributed by atoms with van der Waals surface area (Å²) in [6.07, 6.45) is 1.55. The Hall–Kier alpha value is -1.60. The molecular weight excluding hydrogens is 469 g/mol. The summed E-state index contributed by atoms with van der Waals surface area (Å²) in [5.41, 5.74) is 0.274. The van der Waals surface area contributed by atoms with Gasteiger partial charge in [-0.05, 0) is 76.4 Å². The van der Waals surface area contributed by atoms with Crippen LogP contribution in [-0.2, 0) is 20.2 Å². The molecule has 0 radical (unpaired) electrons. The standard InChI is InChI=1S/C25H44NO6PSi/c1-11-19(2)31-33(28,29)17-16-21(26-23(27)30-24(3,4)5)18-20-12-14-22(15-13-20)32-34(9,10)25(6,7)8/h12-17,19,21H,11,18H2,1-10H3,(H,26,27)(H,28,29). The second kappa shape index (κ2) is 11.9. The summed E-state index contributed by atoms with van der Waals surface area (Å²) in [5.74, 6) is 1.94. The van der Waals surface area contributed by atoms with Gasteiger partial charge in [0.05, 0.1) is 12.1 Å². The molecule has 0 saturated carbocycles. The van der Waals surface area contributed by atoms with Crippen LogP contribution < -0.4 is 9.74 Å². The maximum atomic E-state index is 12.4. The normalized spacial score (nSPS) is 16.6. The fourth-order valence-corrected chi connectivity index (χ4v) is 4.79. The minimum absolute atomic E-state index is 0.0917. The first-order valence-corrected chi connectivity index (χ1v) is 16.4. The van der Waals surface area contributed by atoms with Crippen LogP contribution in [0, 0.1) is 0 Å². The third-order valence-corrected chi connectivity index (χ3v) is 11.2. The summed E-state index contributed by atoms with van der Waals surface area (Å²) >= 11 is 0. The molecule has 0 bridgehead atoms. The average Bonchev–Trinajstić information content (AvgIpc) is 2.64. The Morgan fingerprint density at radius 1 is 1.15 bits per heavy atom. The van der Waals surface area contributed by atoms with Gasteiger partial charge in [-0.15, -0.1) is 0 Å². The van der Waals surface area contributed by atoms with Crippen molar-refractivity contribution in [2.24, 2.45) is 0 Å². The monoisotopic (exact) mass is 513 g/mol. The number of hydrogen-bond donors (Lipinski definition) is 2. The van der Waals surface area contributed by atoms with Crippen molar-refractivity contribution in [1.29, 1.82) is 0 Å². The average molecular weight is 514 g/mol. The summed E-state index contributed by atoms with van der Waals surface area (Å²) in [5, 5.41) is 2.87. The minimum Gasteiger partial charge on any atom is -0.544 e. The number of alkyl carbamates (subject to hydrolysis) is 1. The highest BCUT2D eigenvalue weighted by Crippen LogP contribution is 2.45. The number of ether oxygens (including phenoxy) is 1. The van der Waals surface area contributed by atoms with E-state index < -0.39 is 33.6 Å². The van der Waals surface area contributed by atoms with Crippen LogP contribution in [0.3, 0.4) is 0 Å². The summed E-state index contributed by atoms with van der Waals surface area (Å²) in [6, 6.07) is 7.16. The zero-order valence-corrected chi connectivity index (χ0v) is 24.4. The number of carbonyl (C=O) groups excluding carboxylic acids is 1. The van der Waals surface area contributed by atoms with Gasteiger partial charge in [0.15, 0.2) is 0 Å². The molecule has 9 heteroatoms. The zero-order valence-electron chi connectivity index (χ0n) is 22.5. The number of hydrogen-bond acceptors (Lipinski definition) is 5. The Morgan fingerprint density at radius 3 is 2.18 bits per heavy atom. The van der Waals surface area contributed by atoms with Crippen LogP contribution in [0.25, 0.3) is 0 Å². The van der Waals surface area contributed by atoms with Crippen molar-refractivity contribution in [2.45, 2.75) is 104 Å². The highest BCUT2D eigenvalue weighted by molar-refractivity contribution is 7.56. The lowest BCUT2D eigenvalue weighted by Crippen LogP contribution is -2.43. The summed E-state index contributed by atoms with van der Waals surface area (Å²) in [7, 11) is -5.89. The van der Waals surface area contributed by atoms with E-state index in [1.807, 2.05) is 31.2 Å². The molecule has 0 fully saturated rings. The van der Waals surface area contributed by atoms with Gasteiger partial charge in [-0.3, -0.25) is 4.57 Å². The largest absolute Gasteiger partial charge is 0.544 e. The third-order valence-electron chi connectivity index (χ3n) is 5.67. The van der Waals surface area contributed by atoms with Crippen LogP contribution in [0.5, 0.6) is 5.75 Å². The second-order valence-corrected chi connectivity index (χ2v) is 17.6. The molecule has 1 aromatic rings. The van der Waals surface area contributed by atoms with Gasteiger partial charge < -0.3 is 23.9 Å². The lowest BCUT2D eigenvalue weighted by atomic mass is 10.1. The smallest absolute Gasteiger partial charge is 0.408 e. The van der Waals surface area contributed by atoms with Crippen molar-refractivity contribution < 1.29 is 27.9 Å². The van der Waals surface area contributed by atoms with Gasteiger partial charge in [0.25, 0.3) is 0 Å². The molecule has 1 rings (SSSR count). The van der Waals surface area contributed by atoms with Crippen molar-refractivity contribution in [3.63, 3.8) is 0 Å². The quantitative estimate of drug-likeness (QED) is 0.258. The Labute approximate surface area is 206 Å². The first-order valence-electron chi connectivity index (χ1n) is 11.8. The van der Waals surface area contributed by atoms with E-state index >= 15 is 0 Å². The Morgan fingerprint density at radius 2 is 1.71 bits per heavy atom. The van der Waals surface area contributed by atoms with Crippen LogP contribution in [0.1, 0.15) is 67.4 Å². The van der Waals surface area contributed by atoms with Crippen molar-refractivity contribution in [1.82, 2.24) is 5.32 Å². The van der Waals surface area contributed by atoms with E-state index in [1.54, 1.807) is 27.7 Å². The van der Waals surface area contributed by atoms with E-state index in [-0.39, 0.29) is 11.1 Å². The maximum Gasteiger partial charge on any atom is 0.408 e. The summed E-state index contributed by atoms with van der Waals surface area (Å²) in [4.78, 5) is 22.5. The zero-order chi connectivity index (χ0) is 26.4. The fraction of sp³-hybridized carbons (Fsp3) is 0.640. The lowest BCUT2D eigenvalue weighted by Gasteiger charge is -2.36. The second-order valence-electron chi connectivity index (χ2n) is 11.2. The van der Waals surface area contributed by atoms with Crippen molar-refractivity contribution in [3.05, 3.63) is 41.7 Å². The van der Waals surface area contributed by atoms with E-state index in [9.17, 15) is 14.3 Å². The molecule has 194 valence electrons. The van der Waals surface area contributed by atoms with E-state index in [0.717, 1.165) is 17.1 Å². The van der Waals surface area contributed by atoms with Crippen LogP contribution in [-0.4, -0.2) is 37.1 Å². The molecule has 0 spiro atoms. The number of amides is 1. The molecule has 7 nitrogen and oxygen atoms in total. The first kappa shape index (κ1) is 30.4. The molecule has 0 heterocycles. The first-order chi connectivity index (χ1) is 15.3. The van der Waals surface area contributed by atoms with E-state index in [4.69, 9.17) is 13.7 Å². The molecule has 1 aromatic carbocycles. The predicted octanol–water partition coefficient (Wildman–Crippen LogP) is 7.02.